The van der Waals surface area contributed by atoms with Gasteiger partial charge in [-0.1, -0.05) is 36.3 Å². The number of β-amino-alcohol motifs (C(OH)–C–C–N with tert-alkyl or cyclic N) is 1. The Kier molecular flexibility index (Phi) is 6.71. The molecule has 114 valence electrons. The van der Waals surface area contributed by atoms with Crippen LogP contribution in [-0.4, -0.2) is 66.9 Å². The van der Waals surface area contributed by atoms with Crippen LogP contribution in [0.3, 0.4) is 0 Å². The van der Waals surface area contributed by atoms with Gasteiger partial charge >= 0.3 is 0 Å². The highest BCUT2D eigenvalue weighted by molar-refractivity contribution is 5.14. The summed E-state index contributed by atoms with van der Waals surface area (Å²) >= 11 is 0. The van der Waals surface area contributed by atoms with Crippen LogP contribution >= 0.6 is 0 Å². The zero-order valence-electron chi connectivity index (χ0n) is 12.4. The molecule has 4 nitrogen and oxygen atoms in total. The first-order valence-electron chi connectivity index (χ1n) is 7.46. The Balaban J connectivity index is 1.65. The van der Waals surface area contributed by atoms with E-state index in [2.05, 4.69) is 40.0 Å². The Hall–Kier alpha value is -1.38. The summed E-state index contributed by atoms with van der Waals surface area (Å²) in [6.45, 7) is 6.28. The smallest absolute Gasteiger partial charge is 0.107 e. The van der Waals surface area contributed by atoms with Crippen molar-refractivity contribution in [1.82, 2.24) is 9.80 Å². The molecule has 0 aliphatic carbocycles. The number of piperazine rings is 1. The van der Waals surface area contributed by atoms with Crippen molar-refractivity contribution >= 4 is 0 Å². The van der Waals surface area contributed by atoms with Crippen LogP contribution in [0.4, 0.5) is 0 Å². The summed E-state index contributed by atoms with van der Waals surface area (Å²) in [6, 6.07) is 10.5. The maximum Gasteiger partial charge on any atom is 0.107 e. The van der Waals surface area contributed by atoms with Crippen LogP contribution in [0.2, 0.25) is 0 Å². The molecule has 1 aliphatic heterocycles. The van der Waals surface area contributed by atoms with Gasteiger partial charge in [0, 0.05) is 39.3 Å². The lowest BCUT2D eigenvalue weighted by Gasteiger charge is -2.35. The summed E-state index contributed by atoms with van der Waals surface area (Å²) < 4.78 is 5.16. The van der Waals surface area contributed by atoms with E-state index in [1.54, 1.807) is 0 Å². The lowest BCUT2D eigenvalue weighted by molar-refractivity contribution is 0.0154. The van der Waals surface area contributed by atoms with Crippen LogP contribution in [-0.2, 0) is 11.3 Å². The largest absolute Gasteiger partial charge is 0.389 e. The van der Waals surface area contributed by atoms with Gasteiger partial charge in [-0.2, -0.15) is 0 Å². The molecular formula is C17H24N2O2. The summed E-state index contributed by atoms with van der Waals surface area (Å²) in [5, 5.41) is 9.88. The average Bonchev–Trinajstić information content (AvgIpc) is 2.51. The molecule has 1 saturated heterocycles. The molecule has 1 fully saturated rings. The Morgan fingerprint density at radius 1 is 1.14 bits per heavy atom. The number of aliphatic hydroxyl groups excluding tert-OH is 1. The third-order valence-electron chi connectivity index (χ3n) is 3.68. The van der Waals surface area contributed by atoms with Crippen LogP contribution in [0.15, 0.2) is 30.3 Å². The van der Waals surface area contributed by atoms with E-state index in [0.29, 0.717) is 13.2 Å². The van der Waals surface area contributed by atoms with E-state index in [9.17, 15) is 5.11 Å². The lowest BCUT2D eigenvalue weighted by Crippen LogP contribution is -2.48. The zero-order valence-corrected chi connectivity index (χ0v) is 12.4. The van der Waals surface area contributed by atoms with Gasteiger partial charge in [-0.05, 0) is 5.56 Å². The fourth-order valence-electron chi connectivity index (χ4n) is 2.58. The Bertz CT molecular complexity index is 436. The number of nitrogens with zero attached hydrogens (tertiary/aromatic N) is 2. The van der Waals surface area contributed by atoms with Gasteiger partial charge in [0.05, 0.1) is 12.7 Å². The predicted octanol–water partition coefficient (Wildman–Crippen LogP) is 0.815. The number of rotatable bonds is 7. The number of hydrogen-bond acceptors (Lipinski definition) is 4. The molecule has 2 rings (SSSR count). The molecule has 0 spiro atoms. The third kappa shape index (κ3) is 5.86. The van der Waals surface area contributed by atoms with E-state index in [0.717, 1.165) is 32.7 Å². The first-order chi connectivity index (χ1) is 10.3. The molecule has 1 aromatic rings. The van der Waals surface area contributed by atoms with Gasteiger partial charge in [0.25, 0.3) is 0 Å². The fourth-order valence-corrected chi connectivity index (χ4v) is 2.58. The van der Waals surface area contributed by atoms with Gasteiger partial charge < -0.3 is 9.84 Å². The molecule has 1 aromatic carbocycles. The molecule has 4 heteroatoms. The molecule has 1 atom stereocenters. The van der Waals surface area contributed by atoms with Crippen LogP contribution in [0.1, 0.15) is 5.56 Å². The molecule has 1 N–H and O–H groups in total. The average molecular weight is 288 g/mol. The van der Waals surface area contributed by atoms with Gasteiger partial charge in [-0.15, -0.1) is 6.42 Å². The molecule has 0 saturated carbocycles. The van der Waals surface area contributed by atoms with Crippen LogP contribution in [0.5, 0.6) is 0 Å². The maximum absolute atomic E-state index is 9.88. The minimum Gasteiger partial charge on any atom is -0.389 e. The van der Waals surface area contributed by atoms with E-state index in [1.807, 2.05) is 6.07 Å². The van der Waals surface area contributed by atoms with E-state index < -0.39 is 6.10 Å². The minimum atomic E-state index is -0.459. The quantitative estimate of drug-likeness (QED) is 0.595. The predicted molar refractivity (Wildman–Crippen MR) is 83.8 cm³/mol. The molecule has 0 aromatic heterocycles. The number of ether oxygens (including phenoxy) is 1. The van der Waals surface area contributed by atoms with Crippen molar-refractivity contribution < 1.29 is 9.84 Å². The minimum absolute atomic E-state index is 0.266. The first-order valence-corrected chi connectivity index (χ1v) is 7.46. The standard InChI is InChI=1S/C17H24N2O2/c1-2-12-21-15-17(20)14-19-10-8-18(9-11-19)13-16-6-4-3-5-7-16/h1,3-7,17,20H,8-15H2/t17-/m1/s1. The Labute approximate surface area is 127 Å². The van der Waals surface area contributed by atoms with Crippen molar-refractivity contribution in [3.63, 3.8) is 0 Å². The highest BCUT2D eigenvalue weighted by atomic mass is 16.5. The van der Waals surface area contributed by atoms with E-state index in [-0.39, 0.29) is 6.61 Å². The van der Waals surface area contributed by atoms with E-state index in [1.165, 1.54) is 5.56 Å². The molecule has 21 heavy (non-hydrogen) atoms. The van der Waals surface area contributed by atoms with Gasteiger partial charge in [0.15, 0.2) is 0 Å². The maximum atomic E-state index is 9.88. The second kappa shape index (κ2) is 8.81. The van der Waals surface area contributed by atoms with Gasteiger partial charge in [-0.25, -0.2) is 0 Å². The molecule has 1 aliphatic rings. The lowest BCUT2D eigenvalue weighted by atomic mass is 10.2. The van der Waals surface area contributed by atoms with Crippen molar-refractivity contribution in [3.8, 4) is 12.3 Å². The molecule has 0 bridgehead atoms. The van der Waals surface area contributed by atoms with Gasteiger partial charge in [0.1, 0.15) is 6.61 Å². The van der Waals surface area contributed by atoms with Crippen LogP contribution in [0, 0.1) is 12.3 Å². The molecular weight excluding hydrogens is 264 g/mol. The summed E-state index contributed by atoms with van der Waals surface area (Å²) in [5.74, 6) is 2.40. The monoisotopic (exact) mass is 288 g/mol. The van der Waals surface area contributed by atoms with Crippen molar-refractivity contribution in [2.45, 2.75) is 12.6 Å². The van der Waals surface area contributed by atoms with Crippen molar-refractivity contribution in [1.29, 1.82) is 0 Å². The van der Waals surface area contributed by atoms with Crippen LogP contribution < -0.4 is 0 Å². The normalized spacial score (nSPS) is 18.3. The second-order valence-corrected chi connectivity index (χ2v) is 5.44. The zero-order chi connectivity index (χ0) is 14.9. The molecule has 0 radical (unpaired) electrons. The molecule has 0 unspecified atom stereocenters. The second-order valence-electron chi connectivity index (χ2n) is 5.44. The van der Waals surface area contributed by atoms with Crippen molar-refractivity contribution in [2.24, 2.45) is 0 Å². The van der Waals surface area contributed by atoms with Gasteiger partial charge in [0.2, 0.25) is 0 Å². The van der Waals surface area contributed by atoms with Gasteiger partial charge in [-0.3, -0.25) is 9.80 Å². The summed E-state index contributed by atoms with van der Waals surface area (Å²) in [6.07, 6.45) is 4.65. The van der Waals surface area contributed by atoms with E-state index >= 15 is 0 Å². The molecule has 1 heterocycles. The third-order valence-corrected chi connectivity index (χ3v) is 3.68. The number of aliphatic hydroxyl groups is 1. The number of benzene rings is 1. The topological polar surface area (TPSA) is 35.9 Å². The fraction of sp³-hybridized carbons (Fsp3) is 0.529. The van der Waals surface area contributed by atoms with Crippen molar-refractivity contribution in [3.05, 3.63) is 35.9 Å². The number of terminal acetylenes is 1. The Morgan fingerprint density at radius 2 is 1.81 bits per heavy atom. The first kappa shape index (κ1) is 16.0. The highest BCUT2D eigenvalue weighted by Crippen LogP contribution is 2.08. The summed E-state index contributed by atoms with van der Waals surface area (Å²) in [7, 11) is 0. The Morgan fingerprint density at radius 3 is 2.48 bits per heavy atom. The highest BCUT2D eigenvalue weighted by Gasteiger charge is 2.19. The summed E-state index contributed by atoms with van der Waals surface area (Å²) in [4.78, 5) is 4.73. The SMILES string of the molecule is C#CCOC[C@H](O)CN1CCN(Cc2ccccc2)CC1. The van der Waals surface area contributed by atoms with Crippen molar-refractivity contribution in [2.75, 3.05) is 45.9 Å². The molecule has 0 amide bonds. The van der Waals surface area contributed by atoms with E-state index in [4.69, 9.17) is 11.2 Å². The number of hydrogen-bond donors (Lipinski definition) is 1. The van der Waals surface area contributed by atoms with Crippen LogP contribution in [0.25, 0.3) is 0 Å². The summed E-state index contributed by atoms with van der Waals surface area (Å²) in [5.41, 5.74) is 1.36.